The summed E-state index contributed by atoms with van der Waals surface area (Å²) >= 11 is 5.14. The Kier molecular flexibility index (Phi) is 5.73. The van der Waals surface area contributed by atoms with Crippen molar-refractivity contribution in [1.82, 2.24) is 4.90 Å². The zero-order valence-electron chi connectivity index (χ0n) is 13.9. The highest BCUT2D eigenvalue weighted by molar-refractivity contribution is 9.10. The molecular weight excluding hydrogens is 380 g/mol. The first kappa shape index (κ1) is 18.3. The van der Waals surface area contributed by atoms with E-state index in [9.17, 15) is 10.0 Å². The van der Waals surface area contributed by atoms with E-state index in [1.807, 2.05) is 33.8 Å². The summed E-state index contributed by atoms with van der Waals surface area (Å²) in [6.07, 6.45) is 1.26. The Bertz CT molecular complexity index is 599. The monoisotopic (exact) mass is 402 g/mol. The minimum Gasteiger partial charge on any atom is -0.444 e. The highest BCUT2D eigenvalue weighted by Gasteiger charge is 2.30. The maximum absolute atomic E-state index is 12.1. The topological polar surface area (TPSA) is 62.1 Å². The number of thiophene rings is 1. The predicted octanol–water partition coefficient (Wildman–Crippen LogP) is 4.64. The average molecular weight is 403 g/mol. The van der Waals surface area contributed by atoms with Gasteiger partial charge >= 0.3 is 6.09 Å². The van der Waals surface area contributed by atoms with Gasteiger partial charge in [0.2, 0.25) is 0 Å². The molecule has 7 heteroatoms. The lowest BCUT2D eigenvalue weighted by molar-refractivity contribution is 0.0201. The first-order chi connectivity index (χ1) is 10.7. The summed E-state index contributed by atoms with van der Waals surface area (Å²) < 4.78 is 6.37. The summed E-state index contributed by atoms with van der Waals surface area (Å²) in [5, 5.41) is 13.0. The molecule has 1 amide bonds. The number of aryl methyl sites for hydroxylation is 1. The van der Waals surface area contributed by atoms with Crippen molar-refractivity contribution in [3.05, 3.63) is 20.3 Å². The molecule has 23 heavy (non-hydrogen) atoms. The van der Waals surface area contributed by atoms with Crippen LogP contribution < -0.4 is 0 Å². The second-order valence-electron chi connectivity index (χ2n) is 6.76. The number of hydrogen-bond acceptors (Lipinski definition) is 5. The van der Waals surface area contributed by atoms with Gasteiger partial charge in [-0.1, -0.05) is 5.16 Å². The molecule has 0 radical (unpaired) electrons. The van der Waals surface area contributed by atoms with Gasteiger partial charge in [-0.2, -0.15) is 0 Å². The Morgan fingerprint density at radius 2 is 2.04 bits per heavy atom. The van der Waals surface area contributed by atoms with Crippen LogP contribution in [-0.4, -0.2) is 40.6 Å². The fourth-order valence-electron chi connectivity index (χ4n) is 2.63. The zero-order valence-corrected chi connectivity index (χ0v) is 16.3. The largest absolute Gasteiger partial charge is 0.444 e. The summed E-state index contributed by atoms with van der Waals surface area (Å²) in [5.74, 6) is 0.146. The number of rotatable bonds is 2. The highest BCUT2D eigenvalue weighted by Crippen LogP contribution is 2.32. The van der Waals surface area contributed by atoms with E-state index in [1.54, 1.807) is 16.2 Å². The summed E-state index contributed by atoms with van der Waals surface area (Å²) in [4.78, 5) is 16.0. The second-order valence-corrected chi connectivity index (χ2v) is 8.87. The van der Waals surface area contributed by atoms with Crippen molar-refractivity contribution in [3.63, 3.8) is 0 Å². The van der Waals surface area contributed by atoms with E-state index in [-0.39, 0.29) is 12.0 Å². The molecule has 2 rings (SSSR count). The van der Waals surface area contributed by atoms with Crippen LogP contribution >= 0.6 is 27.3 Å². The molecule has 2 heterocycles. The first-order valence-corrected chi connectivity index (χ1v) is 9.28. The van der Waals surface area contributed by atoms with E-state index >= 15 is 0 Å². The van der Waals surface area contributed by atoms with E-state index in [0.29, 0.717) is 18.8 Å². The molecule has 0 bridgehead atoms. The highest BCUT2D eigenvalue weighted by atomic mass is 79.9. The van der Waals surface area contributed by atoms with Crippen molar-refractivity contribution < 1.29 is 14.7 Å². The van der Waals surface area contributed by atoms with Crippen LogP contribution in [0.1, 0.15) is 43.4 Å². The minimum atomic E-state index is -0.481. The van der Waals surface area contributed by atoms with Gasteiger partial charge in [-0.05, 0) is 62.5 Å². The van der Waals surface area contributed by atoms with Crippen LogP contribution in [0.5, 0.6) is 0 Å². The number of ether oxygens (including phenoxy) is 1. The number of oxime groups is 1. The smallest absolute Gasteiger partial charge is 0.410 e. The molecule has 0 saturated carbocycles. The van der Waals surface area contributed by atoms with Crippen LogP contribution in [0.2, 0.25) is 0 Å². The van der Waals surface area contributed by atoms with E-state index in [0.717, 1.165) is 22.2 Å². The lowest BCUT2D eigenvalue weighted by Crippen LogP contribution is -2.43. The molecule has 1 aromatic rings. The number of carbonyl (C=O) groups is 1. The number of hydrogen-bond donors (Lipinski definition) is 1. The lowest BCUT2D eigenvalue weighted by atomic mass is 9.91. The molecule has 0 atom stereocenters. The first-order valence-electron chi connectivity index (χ1n) is 7.67. The molecule has 5 nitrogen and oxygen atoms in total. The number of halogens is 1. The third-order valence-electron chi connectivity index (χ3n) is 3.68. The molecule has 128 valence electrons. The molecule has 0 aromatic carbocycles. The summed E-state index contributed by atoms with van der Waals surface area (Å²) in [7, 11) is 0. The van der Waals surface area contributed by atoms with Crippen molar-refractivity contribution in [2.45, 2.75) is 46.1 Å². The maximum Gasteiger partial charge on any atom is 0.410 e. The van der Waals surface area contributed by atoms with Gasteiger partial charge in [-0.15, -0.1) is 11.3 Å². The van der Waals surface area contributed by atoms with Gasteiger partial charge in [0.05, 0.1) is 4.88 Å². The molecule has 0 unspecified atom stereocenters. The van der Waals surface area contributed by atoms with E-state index < -0.39 is 5.60 Å². The van der Waals surface area contributed by atoms with E-state index in [4.69, 9.17) is 4.74 Å². The zero-order chi connectivity index (χ0) is 17.2. The van der Waals surface area contributed by atoms with Crippen molar-refractivity contribution in [2.24, 2.45) is 11.1 Å². The number of carbonyl (C=O) groups excluding carboxylic acids is 1. The number of piperidine rings is 1. The molecule has 1 aliphatic rings. The van der Waals surface area contributed by atoms with Gasteiger partial charge in [-0.3, -0.25) is 0 Å². The molecule has 1 aliphatic heterocycles. The van der Waals surface area contributed by atoms with Crippen LogP contribution in [0.15, 0.2) is 15.7 Å². The van der Waals surface area contributed by atoms with Gasteiger partial charge in [0, 0.05) is 28.4 Å². The van der Waals surface area contributed by atoms with E-state index in [2.05, 4.69) is 21.1 Å². The van der Waals surface area contributed by atoms with Crippen LogP contribution in [0.25, 0.3) is 0 Å². The van der Waals surface area contributed by atoms with Crippen LogP contribution in [0.4, 0.5) is 4.79 Å². The Balaban J connectivity index is 2.01. The Morgan fingerprint density at radius 1 is 1.43 bits per heavy atom. The molecule has 0 aliphatic carbocycles. The molecule has 1 aromatic heterocycles. The van der Waals surface area contributed by atoms with Gasteiger partial charge in [0.25, 0.3) is 0 Å². The van der Waals surface area contributed by atoms with Gasteiger partial charge in [0.1, 0.15) is 11.3 Å². The van der Waals surface area contributed by atoms with Crippen molar-refractivity contribution in [2.75, 3.05) is 13.1 Å². The fourth-order valence-corrected chi connectivity index (χ4v) is 4.54. The Morgan fingerprint density at radius 3 is 2.48 bits per heavy atom. The van der Waals surface area contributed by atoms with Gasteiger partial charge < -0.3 is 14.8 Å². The molecule has 1 N–H and O–H groups in total. The summed E-state index contributed by atoms with van der Waals surface area (Å²) in [5.41, 5.74) is 0.226. The van der Waals surface area contributed by atoms with Crippen molar-refractivity contribution >= 4 is 39.1 Å². The summed E-state index contributed by atoms with van der Waals surface area (Å²) in [6.45, 7) is 8.85. The van der Waals surface area contributed by atoms with Crippen molar-refractivity contribution in [1.29, 1.82) is 0 Å². The Hall–Kier alpha value is -1.08. The maximum atomic E-state index is 12.1. The SMILES string of the molecule is Cc1cc(Br)c(C(=NO)C2CCN(C(=O)OC(C)(C)C)CC2)s1. The second kappa shape index (κ2) is 7.21. The normalized spacial score (nSPS) is 17.4. The Labute approximate surface area is 149 Å². The van der Waals surface area contributed by atoms with Crippen LogP contribution in [0.3, 0.4) is 0 Å². The third kappa shape index (κ3) is 4.70. The molecular formula is C16H23BrN2O3S. The van der Waals surface area contributed by atoms with Crippen molar-refractivity contribution in [3.8, 4) is 0 Å². The number of likely N-dealkylation sites (tertiary alicyclic amines) is 1. The molecule has 0 spiro atoms. The van der Waals surface area contributed by atoms with E-state index in [1.165, 1.54) is 4.88 Å². The van der Waals surface area contributed by atoms with Gasteiger partial charge in [-0.25, -0.2) is 4.79 Å². The minimum absolute atomic E-state index is 0.146. The van der Waals surface area contributed by atoms with Gasteiger partial charge in [0.15, 0.2) is 0 Å². The van der Waals surface area contributed by atoms with Crippen LogP contribution in [-0.2, 0) is 4.74 Å². The van der Waals surface area contributed by atoms with Crippen LogP contribution in [0, 0.1) is 12.8 Å². The lowest BCUT2D eigenvalue weighted by Gasteiger charge is -2.33. The fraction of sp³-hybridized carbons (Fsp3) is 0.625. The quantitative estimate of drug-likeness (QED) is 0.444. The number of amides is 1. The molecule has 1 saturated heterocycles. The average Bonchev–Trinajstić information content (AvgIpc) is 2.77. The summed E-state index contributed by atoms with van der Waals surface area (Å²) in [6, 6.07) is 2.03. The predicted molar refractivity (Wildman–Crippen MR) is 95.6 cm³/mol. The third-order valence-corrected chi connectivity index (χ3v) is 5.64. The molecule has 1 fully saturated rings. The standard InChI is InChI=1S/C16H23BrN2O3S/c1-10-9-12(17)14(23-10)13(18-21)11-5-7-19(8-6-11)15(20)22-16(2,3)4/h9,11,21H,5-8H2,1-4H3. The number of nitrogens with zero attached hydrogens (tertiary/aromatic N) is 2.